The van der Waals surface area contributed by atoms with Crippen molar-refractivity contribution < 1.29 is 14.3 Å². The average Bonchev–Trinajstić information content (AvgIpc) is 3.72. The Kier molecular flexibility index (Phi) is 7.07. The average molecular weight is 548 g/mol. The fourth-order valence-electron chi connectivity index (χ4n) is 7.03. The number of rotatable bonds is 6. The van der Waals surface area contributed by atoms with Crippen LogP contribution in [0.3, 0.4) is 0 Å². The number of carbonyl (C=O) groups is 2. The highest BCUT2D eigenvalue weighted by Gasteiger charge is 2.43. The second-order valence-electron chi connectivity index (χ2n) is 12.0. The highest BCUT2D eigenvalue weighted by Crippen LogP contribution is 2.43. The molecule has 2 unspecified atom stereocenters. The van der Waals surface area contributed by atoms with Crippen LogP contribution >= 0.6 is 0 Å². The van der Waals surface area contributed by atoms with Gasteiger partial charge in [0.05, 0.1) is 11.8 Å². The number of carbonyl (C=O) groups excluding carboxylic acids is 2. The first-order valence-corrected chi connectivity index (χ1v) is 15.3. The maximum Gasteiger partial charge on any atom is 0.251 e. The van der Waals surface area contributed by atoms with Crippen LogP contribution in [-0.2, 0) is 0 Å². The first-order valence-electron chi connectivity index (χ1n) is 15.3. The number of nitrogens with zero attached hydrogens (tertiary/aromatic N) is 2. The van der Waals surface area contributed by atoms with Crippen molar-refractivity contribution in [2.75, 3.05) is 0 Å². The van der Waals surface area contributed by atoms with Crippen LogP contribution in [0.1, 0.15) is 114 Å². The number of ether oxygens (including phenoxy) is 1. The zero-order valence-corrected chi connectivity index (χ0v) is 23.4. The zero-order chi connectivity index (χ0) is 27.8. The number of nitrogens with one attached hydrogen (secondary N) is 1. The number of hydrazone groups is 1. The molecule has 3 aromatic carbocycles. The van der Waals surface area contributed by atoms with Crippen LogP contribution in [0.5, 0.6) is 5.75 Å². The van der Waals surface area contributed by atoms with Gasteiger partial charge in [0.2, 0.25) is 5.78 Å². The van der Waals surface area contributed by atoms with Gasteiger partial charge in [-0.2, -0.15) is 5.10 Å². The minimum atomic E-state index is -0.829. The Morgan fingerprint density at radius 3 is 2.22 bits per heavy atom. The van der Waals surface area contributed by atoms with Crippen molar-refractivity contribution in [3.05, 3.63) is 101 Å². The highest BCUT2D eigenvalue weighted by molar-refractivity contribution is 6.04. The van der Waals surface area contributed by atoms with Gasteiger partial charge in [0.1, 0.15) is 5.75 Å². The zero-order valence-electron chi connectivity index (χ0n) is 23.4. The number of hydrogen-bond acceptors (Lipinski definition) is 5. The molecule has 6 nitrogen and oxygen atoms in total. The molecular weight excluding hydrogens is 510 g/mol. The Labute approximate surface area is 241 Å². The van der Waals surface area contributed by atoms with Crippen LogP contribution in [0.2, 0.25) is 0 Å². The number of fused-ring (bicyclic) bond motifs is 3. The molecule has 6 heteroatoms. The van der Waals surface area contributed by atoms with Crippen molar-refractivity contribution in [1.82, 2.24) is 10.3 Å². The molecule has 4 aliphatic rings. The lowest BCUT2D eigenvalue weighted by molar-refractivity contribution is -0.00455. The number of ketones is 1. The Morgan fingerprint density at radius 1 is 0.780 bits per heavy atom. The summed E-state index contributed by atoms with van der Waals surface area (Å²) in [5.74, 6) is 1.24. The molecule has 1 N–H and O–H groups in total. The standard InChI is InChI=1S/C35H37N3O3/c39-33(26-18-14-24(15-19-26)23-8-2-1-3-9-23)35-38-31(29-12-6-7-13-32(29)41-35)22-30(37-38)25-16-20-27(21-17-25)34(40)36-28-10-4-5-11-28/h6-7,12-21,23,28,31,35H,1-5,8-11,22H2,(H,36,40). The van der Waals surface area contributed by atoms with Crippen LogP contribution in [0.15, 0.2) is 77.9 Å². The van der Waals surface area contributed by atoms with E-state index in [1.54, 1.807) is 0 Å². The number of amides is 1. The first-order chi connectivity index (χ1) is 20.1. The lowest BCUT2D eigenvalue weighted by atomic mass is 9.84. The van der Waals surface area contributed by atoms with E-state index in [0.717, 1.165) is 35.4 Å². The Balaban J connectivity index is 1.12. The Morgan fingerprint density at radius 2 is 1.46 bits per heavy atom. The molecule has 0 bridgehead atoms. The summed E-state index contributed by atoms with van der Waals surface area (Å²) in [6, 6.07) is 24.0. The van der Waals surface area contributed by atoms with E-state index in [4.69, 9.17) is 9.84 Å². The summed E-state index contributed by atoms with van der Waals surface area (Å²) in [5.41, 5.74) is 5.52. The van der Waals surface area contributed by atoms with Crippen molar-refractivity contribution >= 4 is 17.4 Å². The number of Topliss-reactive ketones (excluding diaryl/α,β-unsaturated/α-hetero) is 1. The van der Waals surface area contributed by atoms with E-state index in [1.165, 1.54) is 50.5 Å². The van der Waals surface area contributed by atoms with E-state index >= 15 is 0 Å². The van der Waals surface area contributed by atoms with E-state index in [-0.39, 0.29) is 23.8 Å². The van der Waals surface area contributed by atoms with Crippen LogP contribution < -0.4 is 10.1 Å². The van der Waals surface area contributed by atoms with Gasteiger partial charge < -0.3 is 10.1 Å². The van der Waals surface area contributed by atoms with Gasteiger partial charge >= 0.3 is 0 Å². The summed E-state index contributed by atoms with van der Waals surface area (Å²) in [4.78, 5) is 26.6. The number of para-hydroxylation sites is 1. The molecule has 0 radical (unpaired) electrons. The van der Waals surface area contributed by atoms with Crippen LogP contribution in [0.4, 0.5) is 0 Å². The van der Waals surface area contributed by atoms with E-state index < -0.39 is 6.23 Å². The summed E-state index contributed by atoms with van der Waals surface area (Å²) in [7, 11) is 0. The largest absolute Gasteiger partial charge is 0.461 e. The molecule has 1 amide bonds. The molecule has 0 saturated heterocycles. The third-order valence-electron chi connectivity index (χ3n) is 9.37. The highest BCUT2D eigenvalue weighted by atomic mass is 16.5. The van der Waals surface area contributed by atoms with Gasteiger partial charge in [0.25, 0.3) is 12.1 Å². The molecule has 210 valence electrons. The molecule has 2 aliphatic heterocycles. The molecule has 2 saturated carbocycles. The topological polar surface area (TPSA) is 71.0 Å². The Hall–Kier alpha value is -3.93. The molecule has 0 spiro atoms. The predicted octanol–water partition coefficient (Wildman–Crippen LogP) is 7.16. The van der Waals surface area contributed by atoms with Crippen molar-refractivity contribution in [3.63, 3.8) is 0 Å². The quantitative estimate of drug-likeness (QED) is 0.333. The molecule has 7 rings (SSSR count). The molecule has 2 aliphatic carbocycles. The van der Waals surface area contributed by atoms with Crippen molar-refractivity contribution in [2.24, 2.45) is 5.10 Å². The number of hydrogen-bond donors (Lipinski definition) is 1. The summed E-state index contributed by atoms with van der Waals surface area (Å²) < 4.78 is 6.32. The van der Waals surface area contributed by atoms with Crippen molar-refractivity contribution in [1.29, 1.82) is 0 Å². The van der Waals surface area contributed by atoms with E-state index in [1.807, 2.05) is 59.6 Å². The molecule has 2 fully saturated rings. The first kappa shape index (κ1) is 26.0. The predicted molar refractivity (Wildman–Crippen MR) is 159 cm³/mol. The van der Waals surface area contributed by atoms with Crippen LogP contribution in [-0.4, -0.2) is 34.7 Å². The normalized spacial score (nSPS) is 22.4. The minimum Gasteiger partial charge on any atom is -0.461 e. The second-order valence-corrected chi connectivity index (χ2v) is 12.0. The van der Waals surface area contributed by atoms with E-state index in [0.29, 0.717) is 23.5 Å². The molecule has 0 aromatic heterocycles. The summed E-state index contributed by atoms with van der Waals surface area (Å²) >= 11 is 0. The lowest BCUT2D eigenvalue weighted by Crippen LogP contribution is -2.45. The van der Waals surface area contributed by atoms with Crippen LogP contribution in [0.25, 0.3) is 0 Å². The van der Waals surface area contributed by atoms with Gasteiger partial charge in [-0.3, -0.25) is 9.59 Å². The number of benzene rings is 3. The molecule has 3 aromatic rings. The van der Waals surface area contributed by atoms with Gasteiger partial charge in [-0.15, -0.1) is 0 Å². The monoisotopic (exact) mass is 547 g/mol. The summed E-state index contributed by atoms with van der Waals surface area (Å²) in [6.45, 7) is 0. The van der Waals surface area contributed by atoms with Gasteiger partial charge in [-0.1, -0.05) is 86.7 Å². The second kappa shape index (κ2) is 11.2. The SMILES string of the molecule is O=C(NC1CCCC1)c1ccc(C2=NN3C(C(=O)c4ccc(C5CCCCC5)cc4)Oc4ccccc4C3C2)cc1. The smallest absolute Gasteiger partial charge is 0.251 e. The van der Waals surface area contributed by atoms with Gasteiger partial charge in [-0.05, 0) is 60.9 Å². The molecular formula is C35H37N3O3. The summed E-state index contributed by atoms with van der Waals surface area (Å²) in [6.07, 6.45) is 10.7. The third kappa shape index (κ3) is 5.16. The van der Waals surface area contributed by atoms with Gasteiger partial charge in [-0.25, -0.2) is 5.01 Å². The van der Waals surface area contributed by atoms with Gasteiger partial charge in [0.15, 0.2) is 0 Å². The van der Waals surface area contributed by atoms with E-state index in [2.05, 4.69) is 23.5 Å². The van der Waals surface area contributed by atoms with E-state index in [9.17, 15) is 9.59 Å². The lowest BCUT2D eigenvalue weighted by Gasteiger charge is -2.37. The molecule has 2 heterocycles. The van der Waals surface area contributed by atoms with Crippen molar-refractivity contribution in [2.45, 2.75) is 88.4 Å². The third-order valence-corrected chi connectivity index (χ3v) is 9.37. The molecule has 2 atom stereocenters. The van der Waals surface area contributed by atoms with Crippen LogP contribution in [0, 0.1) is 0 Å². The van der Waals surface area contributed by atoms with Crippen molar-refractivity contribution in [3.8, 4) is 5.75 Å². The maximum atomic E-state index is 13.9. The minimum absolute atomic E-state index is 0.0169. The van der Waals surface area contributed by atoms with Gasteiger partial charge in [0, 0.05) is 29.2 Å². The summed E-state index contributed by atoms with van der Waals surface area (Å²) in [5, 5.41) is 9.96. The molecule has 41 heavy (non-hydrogen) atoms. The fourth-order valence-corrected chi connectivity index (χ4v) is 7.03. The Bertz CT molecular complexity index is 1450. The fraction of sp³-hybridized carbons (Fsp3) is 0.400. The maximum absolute atomic E-state index is 13.9.